The third-order valence-electron chi connectivity index (χ3n) is 4.27. The summed E-state index contributed by atoms with van der Waals surface area (Å²) in [6.45, 7) is 5.85. The molecule has 3 amide bonds. The van der Waals surface area contributed by atoms with E-state index in [0.717, 1.165) is 5.56 Å². The number of urea groups is 1. The minimum absolute atomic E-state index is 0.00205. The Morgan fingerprint density at radius 2 is 1.65 bits per heavy atom. The van der Waals surface area contributed by atoms with Gasteiger partial charge in [-0.15, -0.1) is 0 Å². The molecule has 1 saturated heterocycles. The summed E-state index contributed by atoms with van der Waals surface area (Å²) in [5.41, 5.74) is 5.41. The minimum Gasteiger partial charge on any atom is -0.351 e. The Bertz CT molecular complexity index is 619. The standard InChI is InChI=1S/C16H21Cl2N3O2/c1-16(2,11-4-5-12(17)13(18)10-11)14(22)20-6-3-7-21(9-8-20)15(19)23/h4-5,10H,3,6-9H2,1-2H3,(H2,19,23). The first-order valence-electron chi connectivity index (χ1n) is 7.53. The zero-order valence-corrected chi connectivity index (χ0v) is 14.8. The second-order valence-electron chi connectivity index (χ2n) is 6.22. The third kappa shape index (κ3) is 3.90. The van der Waals surface area contributed by atoms with E-state index in [1.165, 1.54) is 0 Å². The molecule has 0 bridgehead atoms. The van der Waals surface area contributed by atoms with Gasteiger partial charge in [0.05, 0.1) is 15.5 Å². The highest BCUT2D eigenvalue weighted by atomic mass is 35.5. The van der Waals surface area contributed by atoms with Crippen LogP contribution in [0.2, 0.25) is 10.0 Å². The van der Waals surface area contributed by atoms with Crippen molar-refractivity contribution in [1.82, 2.24) is 9.80 Å². The van der Waals surface area contributed by atoms with Crippen molar-refractivity contribution < 1.29 is 9.59 Å². The lowest BCUT2D eigenvalue weighted by Crippen LogP contribution is -2.45. The van der Waals surface area contributed by atoms with E-state index in [1.54, 1.807) is 21.9 Å². The van der Waals surface area contributed by atoms with Crippen molar-refractivity contribution in [2.24, 2.45) is 5.73 Å². The Balaban J connectivity index is 2.17. The van der Waals surface area contributed by atoms with Crippen molar-refractivity contribution in [1.29, 1.82) is 0 Å². The maximum absolute atomic E-state index is 13.0. The number of carbonyl (C=O) groups is 2. The molecule has 0 atom stereocenters. The summed E-state index contributed by atoms with van der Waals surface area (Å²) in [6.07, 6.45) is 0.714. The monoisotopic (exact) mass is 357 g/mol. The number of carbonyl (C=O) groups excluding carboxylic acids is 2. The summed E-state index contributed by atoms with van der Waals surface area (Å²) in [6, 6.07) is 4.81. The lowest BCUT2D eigenvalue weighted by Gasteiger charge is -2.32. The highest BCUT2D eigenvalue weighted by Crippen LogP contribution is 2.31. The molecular weight excluding hydrogens is 337 g/mol. The predicted molar refractivity (Wildman–Crippen MR) is 91.8 cm³/mol. The van der Waals surface area contributed by atoms with Gasteiger partial charge in [-0.25, -0.2) is 4.79 Å². The van der Waals surface area contributed by atoms with E-state index in [-0.39, 0.29) is 5.91 Å². The highest BCUT2D eigenvalue weighted by molar-refractivity contribution is 6.42. The molecule has 0 aromatic heterocycles. The predicted octanol–water partition coefficient (Wildman–Crippen LogP) is 2.88. The number of rotatable bonds is 2. The first-order chi connectivity index (χ1) is 10.7. The zero-order valence-electron chi connectivity index (χ0n) is 13.3. The van der Waals surface area contributed by atoms with E-state index in [4.69, 9.17) is 28.9 Å². The summed E-state index contributed by atoms with van der Waals surface area (Å²) in [5.74, 6) is 0.00205. The maximum Gasteiger partial charge on any atom is 0.314 e. The van der Waals surface area contributed by atoms with E-state index in [2.05, 4.69) is 0 Å². The molecule has 1 aliphatic heterocycles. The average molecular weight is 358 g/mol. The maximum atomic E-state index is 13.0. The molecule has 2 rings (SSSR count). The number of primary amides is 1. The van der Waals surface area contributed by atoms with Gasteiger partial charge in [-0.2, -0.15) is 0 Å². The fourth-order valence-electron chi connectivity index (χ4n) is 2.74. The Morgan fingerprint density at radius 1 is 1.04 bits per heavy atom. The molecule has 1 aromatic rings. The molecule has 5 nitrogen and oxygen atoms in total. The Kier molecular flexibility index (Phi) is 5.42. The Labute approximate surface area is 146 Å². The van der Waals surface area contributed by atoms with Gasteiger partial charge < -0.3 is 15.5 Å². The highest BCUT2D eigenvalue weighted by Gasteiger charge is 2.35. The SMILES string of the molecule is CC(C)(C(=O)N1CCCN(C(N)=O)CC1)c1ccc(Cl)c(Cl)c1. The molecule has 0 spiro atoms. The number of amides is 3. The van der Waals surface area contributed by atoms with E-state index in [9.17, 15) is 9.59 Å². The van der Waals surface area contributed by atoms with Gasteiger partial charge in [-0.05, 0) is 38.0 Å². The van der Waals surface area contributed by atoms with Crippen LogP contribution in [0.4, 0.5) is 4.79 Å². The van der Waals surface area contributed by atoms with Gasteiger partial charge in [-0.1, -0.05) is 29.3 Å². The lowest BCUT2D eigenvalue weighted by atomic mass is 9.83. The van der Waals surface area contributed by atoms with Crippen molar-refractivity contribution >= 4 is 35.1 Å². The third-order valence-corrected chi connectivity index (χ3v) is 5.01. The molecule has 7 heteroatoms. The first kappa shape index (κ1) is 17.9. The molecule has 0 aliphatic carbocycles. The topological polar surface area (TPSA) is 66.6 Å². The molecule has 1 fully saturated rings. The van der Waals surface area contributed by atoms with Gasteiger partial charge in [0.1, 0.15) is 0 Å². The molecular formula is C16H21Cl2N3O2. The van der Waals surface area contributed by atoms with Crippen LogP contribution in [0.3, 0.4) is 0 Å². The van der Waals surface area contributed by atoms with Gasteiger partial charge in [0.2, 0.25) is 5.91 Å². The second kappa shape index (κ2) is 6.97. The average Bonchev–Trinajstić information content (AvgIpc) is 2.75. The van der Waals surface area contributed by atoms with Crippen LogP contribution in [0.1, 0.15) is 25.8 Å². The fourth-order valence-corrected chi connectivity index (χ4v) is 3.04. The summed E-state index contributed by atoms with van der Waals surface area (Å²) >= 11 is 12.0. The molecule has 23 heavy (non-hydrogen) atoms. The quantitative estimate of drug-likeness (QED) is 0.883. The number of hydrogen-bond donors (Lipinski definition) is 1. The molecule has 1 heterocycles. The lowest BCUT2D eigenvalue weighted by molar-refractivity contribution is -0.136. The van der Waals surface area contributed by atoms with Crippen LogP contribution in [-0.4, -0.2) is 47.9 Å². The van der Waals surface area contributed by atoms with E-state index in [1.807, 2.05) is 19.9 Å². The van der Waals surface area contributed by atoms with E-state index in [0.29, 0.717) is 42.6 Å². The van der Waals surface area contributed by atoms with Crippen LogP contribution in [0, 0.1) is 0 Å². The van der Waals surface area contributed by atoms with Crippen molar-refractivity contribution in [3.05, 3.63) is 33.8 Å². The molecule has 0 radical (unpaired) electrons. The largest absolute Gasteiger partial charge is 0.351 e. The van der Waals surface area contributed by atoms with Gasteiger partial charge in [0.25, 0.3) is 0 Å². The van der Waals surface area contributed by atoms with Crippen LogP contribution < -0.4 is 5.73 Å². The molecule has 0 saturated carbocycles. The van der Waals surface area contributed by atoms with Crippen LogP contribution in [-0.2, 0) is 10.2 Å². The van der Waals surface area contributed by atoms with Crippen LogP contribution in [0.15, 0.2) is 18.2 Å². The Morgan fingerprint density at radius 3 is 2.26 bits per heavy atom. The van der Waals surface area contributed by atoms with Crippen molar-refractivity contribution in [2.75, 3.05) is 26.2 Å². The first-order valence-corrected chi connectivity index (χ1v) is 8.28. The number of nitrogens with zero attached hydrogens (tertiary/aromatic N) is 2. The molecule has 1 aromatic carbocycles. The van der Waals surface area contributed by atoms with Gasteiger partial charge in [0, 0.05) is 26.2 Å². The number of halogens is 2. The van der Waals surface area contributed by atoms with Gasteiger partial charge in [0.15, 0.2) is 0 Å². The van der Waals surface area contributed by atoms with Crippen LogP contribution in [0.25, 0.3) is 0 Å². The normalized spacial score (nSPS) is 16.2. The summed E-state index contributed by atoms with van der Waals surface area (Å²) in [7, 11) is 0. The number of benzene rings is 1. The smallest absolute Gasteiger partial charge is 0.314 e. The van der Waals surface area contributed by atoms with Gasteiger partial charge in [-0.3, -0.25) is 4.79 Å². The van der Waals surface area contributed by atoms with Crippen LogP contribution in [0.5, 0.6) is 0 Å². The van der Waals surface area contributed by atoms with Crippen LogP contribution >= 0.6 is 23.2 Å². The van der Waals surface area contributed by atoms with Crippen molar-refractivity contribution in [3.8, 4) is 0 Å². The molecule has 0 unspecified atom stereocenters. The summed E-state index contributed by atoms with van der Waals surface area (Å²) in [5, 5.41) is 0.895. The minimum atomic E-state index is -0.726. The van der Waals surface area contributed by atoms with E-state index < -0.39 is 11.4 Å². The van der Waals surface area contributed by atoms with Crippen molar-refractivity contribution in [2.45, 2.75) is 25.7 Å². The Hall–Kier alpha value is -1.46. The summed E-state index contributed by atoms with van der Waals surface area (Å²) in [4.78, 5) is 27.6. The molecule has 1 aliphatic rings. The fraction of sp³-hybridized carbons (Fsp3) is 0.500. The zero-order chi connectivity index (χ0) is 17.2. The number of nitrogens with two attached hydrogens (primary N) is 1. The number of hydrogen-bond acceptors (Lipinski definition) is 2. The van der Waals surface area contributed by atoms with Gasteiger partial charge >= 0.3 is 6.03 Å². The second-order valence-corrected chi connectivity index (χ2v) is 7.04. The van der Waals surface area contributed by atoms with Crippen molar-refractivity contribution in [3.63, 3.8) is 0 Å². The summed E-state index contributed by atoms with van der Waals surface area (Å²) < 4.78 is 0. The molecule has 2 N–H and O–H groups in total. The molecule has 126 valence electrons. The van der Waals surface area contributed by atoms with E-state index >= 15 is 0 Å².